The molecule has 300 valence electrons. The smallest absolute Gasteiger partial charge is 0.377 e. The Balaban J connectivity index is 1.11. The first kappa shape index (κ1) is 39.9. The number of carbonyl (C=O) groups excluding carboxylic acids is 1. The van der Waals surface area contributed by atoms with Crippen LogP contribution < -0.4 is 5.32 Å². The predicted molar refractivity (Wildman–Crippen MR) is 208 cm³/mol. The van der Waals surface area contributed by atoms with Gasteiger partial charge in [0.1, 0.15) is 0 Å². The average molecular weight is 761 g/mol. The maximum absolute atomic E-state index is 15.2. The molecule has 2 unspecified atom stereocenters. The lowest BCUT2D eigenvalue weighted by Gasteiger charge is -2.72. The molecule has 7 rings (SSSR count). The molecule has 1 N–H and O–H groups in total. The summed E-state index contributed by atoms with van der Waals surface area (Å²) in [7, 11) is -2.88. The maximum Gasteiger partial charge on any atom is 0.377 e. The Morgan fingerprint density at radius 3 is 2.36 bits per heavy atom. The number of ether oxygens (including phenoxy) is 1. The minimum absolute atomic E-state index is 0.0219. The van der Waals surface area contributed by atoms with Crippen molar-refractivity contribution >= 4 is 15.8 Å². The molecule has 0 radical (unpaired) electrons. The van der Waals surface area contributed by atoms with Gasteiger partial charge in [-0.25, -0.2) is 13.2 Å². The predicted octanol–water partition coefficient (Wildman–Crippen LogP) is 8.87. The van der Waals surface area contributed by atoms with Gasteiger partial charge >= 0.3 is 11.9 Å². The van der Waals surface area contributed by atoms with Gasteiger partial charge < -0.3 is 15.0 Å². The van der Waals surface area contributed by atoms with Crippen LogP contribution in [0.25, 0.3) is 0 Å². The number of esters is 1. The van der Waals surface area contributed by atoms with Gasteiger partial charge in [0.2, 0.25) is 0 Å². The van der Waals surface area contributed by atoms with Gasteiger partial charge in [0, 0.05) is 37.6 Å². The van der Waals surface area contributed by atoms with Crippen molar-refractivity contribution in [2.45, 2.75) is 137 Å². The first-order valence-corrected chi connectivity index (χ1v) is 23.2. The number of nitrogens with zero attached hydrogens (tertiary/aromatic N) is 1. The van der Waals surface area contributed by atoms with E-state index in [1.165, 1.54) is 62.5 Å². The van der Waals surface area contributed by atoms with Crippen molar-refractivity contribution < 1.29 is 26.7 Å². The Bertz CT molecular complexity index is 1580. The zero-order valence-electron chi connectivity index (χ0n) is 34.0. The molecule has 7 aliphatic rings. The van der Waals surface area contributed by atoms with Crippen LogP contribution >= 0.6 is 0 Å². The summed E-state index contributed by atoms with van der Waals surface area (Å²) in [6.07, 6.45) is 14.7. The molecule has 53 heavy (non-hydrogen) atoms. The molecule has 9 heteroatoms. The number of alkyl halides is 2. The molecule has 0 amide bonds. The number of hydrogen-bond donors (Lipinski definition) is 1. The van der Waals surface area contributed by atoms with Gasteiger partial charge in [0.05, 0.1) is 18.1 Å². The number of halogens is 2. The van der Waals surface area contributed by atoms with Crippen LogP contribution in [0.4, 0.5) is 8.78 Å². The summed E-state index contributed by atoms with van der Waals surface area (Å²) in [5.74, 6) is -2.22. The van der Waals surface area contributed by atoms with Crippen LogP contribution in [0.1, 0.15) is 126 Å². The van der Waals surface area contributed by atoms with Crippen LogP contribution in [0.3, 0.4) is 0 Å². The first-order valence-electron chi connectivity index (χ1n) is 21.3. The summed E-state index contributed by atoms with van der Waals surface area (Å²) >= 11 is 0. The van der Waals surface area contributed by atoms with E-state index in [0.29, 0.717) is 55.5 Å². The molecule has 6 fully saturated rings. The lowest BCUT2D eigenvalue weighted by Crippen LogP contribution is -2.68. The van der Waals surface area contributed by atoms with E-state index in [1.807, 2.05) is 0 Å². The number of carbonyl (C=O) groups is 1. The van der Waals surface area contributed by atoms with Crippen molar-refractivity contribution in [1.82, 2.24) is 10.2 Å². The molecule has 0 aromatic heterocycles. The summed E-state index contributed by atoms with van der Waals surface area (Å²) in [6, 6.07) is 0. The van der Waals surface area contributed by atoms with Crippen molar-refractivity contribution in [1.29, 1.82) is 0 Å². The molecule has 6 nitrogen and oxygen atoms in total. The lowest BCUT2D eigenvalue weighted by atomic mass is 9.32. The van der Waals surface area contributed by atoms with Crippen LogP contribution in [0, 0.1) is 63.1 Å². The molecule has 1 aliphatic heterocycles. The second-order valence-electron chi connectivity index (χ2n) is 20.4. The minimum Gasteiger partial charge on any atom is -0.462 e. The van der Waals surface area contributed by atoms with Crippen LogP contribution in [-0.4, -0.2) is 75.0 Å². The summed E-state index contributed by atoms with van der Waals surface area (Å²) in [5, 5.41) is 4.19. The quantitative estimate of drug-likeness (QED) is 0.187. The van der Waals surface area contributed by atoms with Gasteiger partial charge in [-0.05, 0) is 148 Å². The van der Waals surface area contributed by atoms with Crippen molar-refractivity contribution in [3.8, 4) is 0 Å². The molecule has 1 heterocycles. The number of rotatable bonds is 9. The molecular weight excluding hydrogens is 691 g/mol. The number of nitrogens with one attached hydrogen (secondary N) is 1. The van der Waals surface area contributed by atoms with Crippen LogP contribution in [-0.2, 0) is 19.4 Å². The molecule has 5 saturated carbocycles. The normalized spacial score (nSPS) is 44.9. The SMILES string of the molecule is C=C(C)[C@@H]1CC[C@]2(NCCN3CCS(=O)(=O)CC3)CC[C@]3(C)[C@H](CC[C@@H]4[C@@]5(C)CC=C(C6CCC(C(F)(F)C(=O)OCC)C6)C(C)(C)[C@@H]5CC[C@]43C)[C@@H]12. The third kappa shape index (κ3) is 6.24. The highest BCUT2D eigenvalue weighted by Gasteiger charge is 2.70. The fourth-order valence-corrected chi connectivity index (χ4v) is 16.5. The van der Waals surface area contributed by atoms with E-state index in [0.717, 1.165) is 25.9 Å². The van der Waals surface area contributed by atoms with E-state index in [4.69, 9.17) is 4.74 Å². The molecular formula is C44H70F2N2O4S. The van der Waals surface area contributed by atoms with Crippen LogP contribution in [0.15, 0.2) is 23.8 Å². The minimum atomic E-state index is -3.42. The lowest BCUT2D eigenvalue weighted by molar-refractivity contribution is -0.221. The van der Waals surface area contributed by atoms with Gasteiger partial charge in [-0.3, -0.25) is 0 Å². The van der Waals surface area contributed by atoms with Crippen molar-refractivity contribution in [2.75, 3.05) is 44.3 Å². The van der Waals surface area contributed by atoms with E-state index >= 15 is 8.78 Å². The first-order chi connectivity index (χ1) is 24.8. The molecule has 1 saturated heterocycles. The van der Waals surface area contributed by atoms with Gasteiger partial charge in [0.15, 0.2) is 9.84 Å². The Morgan fingerprint density at radius 1 is 0.962 bits per heavy atom. The maximum atomic E-state index is 15.2. The van der Waals surface area contributed by atoms with E-state index in [9.17, 15) is 13.2 Å². The van der Waals surface area contributed by atoms with Crippen LogP contribution in [0.5, 0.6) is 0 Å². The van der Waals surface area contributed by atoms with E-state index in [1.54, 1.807) is 6.92 Å². The second-order valence-corrected chi connectivity index (χ2v) is 22.7. The average Bonchev–Trinajstić information content (AvgIpc) is 3.72. The fraction of sp³-hybridized carbons (Fsp3) is 0.886. The summed E-state index contributed by atoms with van der Waals surface area (Å²) < 4.78 is 59.2. The molecule has 11 atom stereocenters. The molecule has 6 aliphatic carbocycles. The van der Waals surface area contributed by atoms with Crippen LogP contribution in [0.2, 0.25) is 0 Å². The van der Waals surface area contributed by atoms with Crippen molar-refractivity contribution in [3.63, 3.8) is 0 Å². The van der Waals surface area contributed by atoms with Crippen molar-refractivity contribution in [2.24, 2.45) is 63.1 Å². The highest BCUT2D eigenvalue weighted by Crippen LogP contribution is 2.76. The van der Waals surface area contributed by atoms with Gasteiger partial charge in [-0.15, -0.1) is 0 Å². The van der Waals surface area contributed by atoms with Gasteiger partial charge in [0.25, 0.3) is 0 Å². The topological polar surface area (TPSA) is 75.7 Å². The molecule has 0 aromatic rings. The van der Waals surface area contributed by atoms with E-state index < -0.39 is 27.6 Å². The fourth-order valence-electron chi connectivity index (χ4n) is 15.2. The standard InChI is InChI=1S/C44H70F2N2O4S/c1-9-52-38(49)44(45,46)31-11-10-30(28-31)33-15-17-40(6)35(39(33,4)5)16-18-42(8)36(40)13-12-34-37-32(29(2)3)14-19-43(37,21-20-41(34,42)7)47-22-23-48-24-26-53(50,51)27-25-48/h15,30-32,34-37,47H,2,9-14,16-28H2,1,3-8H3/t30?,31?,32-,34+,35-,36+,37+,40-,41+,42+,43-/m0/s1. The highest BCUT2D eigenvalue weighted by atomic mass is 32.2. The summed E-state index contributed by atoms with van der Waals surface area (Å²) in [4.78, 5) is 14.6. The summed E-state index contributed by atoms with van der Waals surface area (Å²) in [5.41, 5.74) is 3.35. The van der Waals surface area contributed by atoms with E-state index in [-0.39, 0.29) is 51.2 Å². The highest BCUT2D eigenvalue weighted by molar-refractivity contribution is 7.91. The van der Waals surface area contributed by atoms with Crippen molar-refractivity contribution in [3.05, 3.63) is 23.8 Å². The summed E-state index contributed by atoms with van der Waals surface area (Å²) in [6.45, 7) is 24.3. The zero-order valence-corrected chi connectivity index (χ0v) is 34.8. The van der Waals surface area contributed by atoms with E-state index in [2.05, 4.69) is 64.4 Å². The Morgan fingerprint density at radius 2 is 1.68 bits per heavy atom. The largest absolute Gasteiger partial charge is 0.462 e. The number of fused-ring (bicyclic) bond motifs is 7. The Hall–Kier alpha value is -1.32. The molecule has 0 spiro atoms. The third-order valence-corrected chi connectivity index (χ3v) is 19.6. The molecule has 0 aromatic carbocycles. The Labute approximate surface area is 320 Å². The number of allylic oxidation sites excluding steroid dienone is 3. The van der Waals surface area contributed by atoms with Gasteiger partial charge in [-0.2, -0.15) is 8.78 Å². The second kappa shape index (κ2) is 13.7. The third-order valence-electron chi connectivity index (χ3n) is 18.0. The monoisotopic (exact) mass is 761 g/mol. The van der Waals surface area contributed by atoms with Gasteiger partial charge in [-0.1, -0.05) is 58.4 Å². The zero-order chi connectivity index (χ0) is 38.4. The Kier molecular flexibility index (Phi) is 10.3. The number of hydrogen-bond acceptors (Lipinski definition) is 6. The molecule has 0 bridgehead atoms. The number of sulfone groups is 1.